The maximum absolute atomic E-state index is 4.10. The van der Waals surface area contributed by atoms with Crippen LogP contribution >= 0.6 is 0 Å². The van der Waals surface area contributed by atoms with E-state index in [-0.39, 0.29) is 0 Å². The molecule has 13 heavy (non-hydrogen) atoms. The first-order valence-electron chi connectivity index (χ1n) is 4.96. The van der Waals surface area contributed by atoms with Crippen molar-refractivity contribution in [3.8, 4) is 0 Å². The van der Waals surface area contributed by atoms with Gasteiger partial charge in [0.2, 0.25) is 5.95 Å². The molecule has 1 N–H and O–H groups in total. The summed E-state index contributed by atoms with van der Waals surface area (Å²) in [6.07, 6.45) is 9.04. The average molecular weight is 177 g/mol. The molecule has 0 aliphatic heterocycles. The number of nitrogens with one attached hydrogen (secondary N) is 1. The smallest absolute Gasteiger partial charge is 0.222 e. The van der Waals surface area contributed by atoms with Crippen molar-refractivity contribution in [2.24, 2.45) is 5.92 Å². The minimum atomic E-state index is 0.752. The minimum absolute atomic E-state index is 0.752. The summed E-state index contributed by atoms with van der Waals surface area (Å²) in [6.45, 7) is 1.01. The molecule has 3 nitrogen and oxygen atoms in total. The predicted molar refractivity (Wildman–Crippen MR) is 52.5 cm³/mol. The second-order valence-corrected chi connectivity index (χ2v) is 3.58. The number of aromatic nitrogens is 2. The maximum Gasteiger partial charge on any atom is 0.222 e. The summed E-state index contributed by atoms with van der Waals surface area (Å²) in [4.78, 5) is 8.19. The monoisotopic (exact) mass is 177 g/mol. The summed E-state index contributed by atoms with van der Waals surface area (Å²) < 4.78 is 0. The first-order chi connectivity index (χ1) is 6.45. The van der Waals surface area contributed by atoms with Crippen molar-refractivity contribution in [1.82, 2.24) is 9.97 Å². The quantitative estimate of drug-likeness (QED) is 0.765. The Kier molecular flexibility index (Phi) is 2.75. The Morgan fingerprint density at radius 2 is 2.08 bits per heavy atom. The van der Waals surface area contributed by atoms with E-state index in [1.165, 1.54) is 25.7 Å². The summed E-state index contributed by atoms with van der Waals surface area (Å²) >= 11 is 0. The highest BCUT2D eigenvalue weighted by atomic mass is 15.1. The summed E-state index contributed by atoms with van der Waals surface area (Å²) in [5.41, 5.74) is 0. The fraction of sp³-hybridized carbons (Fsp3) is 0.600. The lowest BCUT2D eigenvalue weighted by atomic mass is 9.83. The fourth-order valence-corrected chi connectivity index (χ4v) is 1.56. The van der Waals surface area contributed by atoms with Crippen LogP contribution in [-0.2, 0) is 0 Å². The van der Waals surface area contributed by atoms with E-state index in [1.807, 2.05) is 6.07 Å². The number of anilines is 1. The van der Waals surface area contributed by atoms with Crippen LogP contribution in [0.1, 0.15) is 25.7 Å². The van der Waals surface area contributed by atoms with Gasteiger partial charge >= 0.3 is 0 Å². The maximum atomic E-state index is 4.10. The minimum Gasteiger partial charge on any atom is -0.354 e. The molecule has 1 fully saturated rings. The highest BCUT2D eigenvalue weighted by Gasteiger charge is 2.16. The van der Waals surface area contributed by atoms with Gasteiger partial charge in [0.15, 0.2) is 0 Å². The number of hydrogen-bond acceptors (Lipinski definition) is 3. The van der Waals surface area contributed by atoms with Gasteiger partial charge in [0, 0.05) is 18.9 Å². The van der Waals surface area contributed by atoms with Gasteiger partial charge in [-0.05, 0) is 18.4 Å². The van der Waals surface area contributed by atoms with E-state index in [0.717, 1.165) is 18.4 Å². The van der Waals surface area contributed by atoms with Crippen molar-refractivity contribution in [1.29, 1.82) is 0 Å². The van der Waals surface area contributed by atoms with E-state index in [1.54, 1.807) is 12.4 Å². The Labute approximate surface area is 78.6 Å². The summed E-state index contributed by atoms with van der Waals surface area (Å²) in [7, 11) is 0. The Morgan fingerprint density at radius 3 is 2.69 bits per heavy atom. The largest absolute Gasteiger partial charge is 0.354 e. The number of hydrogen-bond donors (Lipinski definition) is 1. The third-order valence-corrected chi connectivity index (χ3v) is 2.63. The van der Waals surface area contributed by atoms with Gasteiger partial charge in [-0.1, -0.05) is 19.3 Å². The first-order valence-corrected chi connectivity index (χ1v) is 4.96. The molecular weight excluding hydrogens is 162 g/mol. The van der Waals surface area contributed by atoms with Crippen LogP contribution in [-0.4, -0.2) is 16.5 Å². The zero-order valence-electron chi connectivity index (χ0n) is 7.74. The molecule has 3 heteroatoms. The van der Waals surface area contributed by atoms with Crippen LogP contribution in [0.15, 0.2) is 18.5 Å². The molecule has 0 amide bonds. The van der Waals surface area contributed by atoms with Crippen molar-refractivity contribution in [3.63, 3.8) is 0 Å². The highest BCUT2D eigenvalue weighted by Crippen LogP contribution is 2.28. The number of rotatable bonds is 4. The molecule has 0 saturated heterocycles. The second-order valence-electron chi connectivity index (χ2n) is 3.58. The zero-order chi connectivity index (χ0) is 8.93. The summed E-state index contributed by atoms with van der Waals surface area (Å²) in [6, 6.07) is 1.83. The molecule has 1 heterocycles. The molecule has 0 bridgehead atoms. The Morgan fingerprint density at radius 1 is 1.31 bits per heavy atom. The van der Waals surface area contributed by atoms with Gasteiger partial charge in [-0.15, -0.1) is 0 Å². The average Bonchev–Trinajstić information content (AvgIpc) is 2.11. The standard InChI is InChI=1S/C10H15N3/c1-3-9(4-1)5-8-13-10-11-6-2-7-12-10/h2,6-7,9H,1,3-5,8H2,(H,11,12,13). The Balaban J connectivity index is 1.67. The van der Waals surface area contributed by atoms with Gasteiger partial charge < -0.3 is 5.32 Å². The Hall–Kier alpha value is -1.12. The highest BCUT2D eigenvalue weighted by molar-refractivity contribution is 5.21. The third kappa shape index (κ3) is 2.41. The molecule has 70 valence electrons. The van der Waals surface area contributed by atoms with Gasteiger partial charge in [-0.3, -0.25) is 0 Å². The Bertz CT molecular complexity index is 244. The van der Waals surface area contributed by atoms with E-state index in [0.29, 0.717) is 0 Å². The van der Waals surface area contributed by atoms with Crippen molar-refractivity contribution < 1.29 is 0 Å². The van der Waals surface area contributed by atoms with Crippen LogP contribution in [0, 0.1) is 5.92 Å². The van der Waals surface area contributed by atoms with Crippen molar-refractivity contribution in [2.45, 2.75) is 25.7 Å². The molecule has 2 rings (SSSR count). The molecule has 1 aromatic rings. The van der Waals surface area contributed by atoms with Crippen molar-refractivity contribution >= 4 is 5.95 Å². The van der Waals surface area contributed by atoms with Crippen LogP contribution in [0.25, 0.3) is 0 Å². The zero-order valence-corrected chi connectivity index (χ0v) is 7.74. The summed E-state index contributed by atoms with van der Waals surface area (Å²) in [5.74, 6) is 1.71. The number of nitrogens with zero attached hydrogens (tertiary/aromatic N) is 2. The van der Waals surface area contributed by atoms with E-state index in [9.17, 15) is 0 Å². The van der Waals surface area contributed by atoms with Crippen LogP contribution in [0.4, 0.5) is 5.95 Å². The van der Waals surface area contributed by atoms with Crippen molar-refractivity contribution in [2.75, 3.05) is 11.9 Å². The molecule has 0 radical (unpaired) electrons. The normalized spacial score (nSPS) is 16.6. The molecule has 0 atom stereocenters. The first kappa shape index (κ1) is 8.48. The van der Waals surface area contributed by atoms with Gasteiger partial charge in [-0.2, -0.15) is 0 Å². The topological polar surface area (TPSA) is 37.8 Å². The van der Waals surface area contributed by atoms with E-state index in [2.05, 4.69) is 15.3 Å². The molecule has 1 saturated carbocycles. The van der Waals surface area contributed by atoms with Crippen LogP contribution in [0.3, 0.4) is 0 Å². The lowest BCUT2D eigenvalue weighted by Gasteiger charge is -2.25. The van der Waals surface area contributed by atoms with Crippen LogP contribution in [0.2, 0.25) is 0 Å². The van der Waals surface area contributed by atoms with Crippen LogP contribution < -0.4 is 5.32 Å². The van der Waals surface area contributed by atoms with Gasteiger partial charge in [-0.25, -0.2) is 9.97 Å². The fourth-order valence-electron chi connectivity index (χ4n) is 1.56. The molecule has 1 aliphatic carbocycles. The van der Waals surface area contributed by atoms with E-state index >= 15 is 0 Å². The SMILES string of the molecule is c1cnc(NCCC2CCC2)nc1. The van der Waals surface area contributed by atoms with Gasteiger partial charge in [0.05, 0.1) is 0 Å². The third-order valence-electron chi connectivity index (χ3n) is 2.63. The summed E-state index contributed by atoms with van der Waals surface area (Å²) in [5, 5.41) is 3.22. The molecule has 1 aliphatic rings. The molecule has 0 spiro atoms. The van der Waals surface area contributed by atoms with Gasteiger partial charge in [0.1, 0.15) is 0 Å². The lowest BCUT2D eigenvalue weighted by Crippen LogP contribution is -2.16. The van der Waals surface area contributed by atoms with Crippen LogP contribution in [0.5, 0.6) is 0 Å². The lowest BCUT2D eigenvalue weighted by molar-refractivity contribution is 0.303. The van der Waals surface area contributed by atoms with Crippen molar-refractivity contribution in [3.05, 3.63) is 18.5 Å². The molecule has 0 unspecified atom stereocenters. The molecule has 1 aromatic heterocycles. The van der Waals surface area contributed by atoms with E-state index in [4.69, 9.17) is 0 Å². The molecular formula is C10H15N3. The molecule has 0 aromatic carbocycles. The van der Waals surface area contributed by atoms with E-state index < -0.39 is 0 Å². The van der Waals surface area contributed by atoms with Gasteiger partial charge in [0.25, 0.3) is 0 Å². The second kappa shape index (κ2) is 4.21. The predicted octanol–water partition coefficient (Wildman–Crippen LogP) is 2.08.